The smallest absolute Gasteiger partial charge is 0.313 e. The third kappa shape index (κ3) is 3.78. The van der Waals surface area contributed by atoms with Crippen molar-refractivity contribution in [3.8, 4) is 0 Å². The van der Waals surface area contributed by atoms with Gasteiger partial charge in [0.2, 0.25) is 5.91 Å². The van der Waals surface area contributed by atoms with E-state index in [1.165, 1.54) is 7.11 Å². The van der Waals surface area contributed by atoms with Crippen LogP contribution < -0.4 is 0 Å². The van der Waals surface area contributed by atoms with E-state index in [2.05, 4.69) is 0 Å². The first-order chi connectivity index (χ1) is 10.5. The second-order valence-corrected chi connectivity index (χ2v) is 6.18. The molecule has 5 nitrogen and oxygen atoms in total. The molecule has 1 N–H and O–H groups in total. The number of likely N-dealkylation sites (tertiary alicyclic amines) is 1. The number of hydrogen-bond acceptors (Lipinski definition) is 3. The molecule has 1 aromatic rings. The summed E-state index contributed by atoms with van der Waals surface area (Å²) in [4.78, 5) is 25.7. The zero-order chi connectivity index (χ0) is 16.2. The molecular formula is C16H20ClNO4. The Kier molecular flexibility index (Phi) is 5.42. The lowest BCUT2D eigenvalue weighted by atomic mass is 9.80. The predicted octanol–water partition coefficient (Wildman–Crippen LogP) is 2.22. The molecular weight excluding hydrogens is 306 g/mol. The fourth-order valence-electron chi connectivity index (χ4n) is 2.86. The highest BCUT2D eigenvalue weighted by atomic mass is 35.5. The largest absolute Gasteiger partial charge is 0.481 e. The van der Waals surface area contributed by atoms with Crippen molar-refractivity contribution in [2.24, 2.45) is 5.41 Å². The molecule has 1 atom stereocenters. The van der Waals surface area contributed by atoms with Crippen LogP contribution in [0.25, 0.3) is 0 Å². The molecule has 120 valence electrons. The van der Waals surface area contributed by atoms with Gasteiger partial charge in [-0.25, -0.2) is 0 Å². The van der Waals surface area contributed by atoms with Crippen molar-refractivity contribution in [2.75, 3.05) is 26.8 Å². The zero-order valence-electron chi connectivity index (χ0n) is 12.5. The second-order valence-electron chi connectivity index (χ2n) is 5.74. The Hall–Kier alpha value is -1.59. The number of amides is 1. The Labute approximate surface area is 134 Å². The first-order valence-corrected chi connectivity index (χ1v) is 7.59. The van der Waals surface area contributed by atoms with Gasteiger partial charge in [-0.05, 0) is 30.5 Å². The van der Waals surface area contributed by atoms with Crippen LogP contribution in [0.2, 0.25) is 5.02 Å². The average Bonchev–Trinajstić information content (AvgIpc) is 2.50. The molecule has 0 aliphatic carbocycles. The maximum Gasteiger partial charge on any atom is 0.313 e. The molecule has 1 amide bonds. The Morgan fingerprint density at radius 3 is 2.64 bits per heavy atom. The normalized spacial score (nSPS) is 21.6. The molecule has 0 aromatic heterocycles. The fourth-order valence-corrected chi connectivity index (χ4v) is 2.99. The lowest BCUT2D eigenvalue weighted by Gasteiger charge is -2.39. The standard InChI is InChI=1S/C16H20ClNO4/c1-22-11-16(15(20)21)7-2-8-18(10-16)14(19)9-12-3-5-13(17)6-4-12/h3-6H,2,7-11H2,1H3,(H,20,21). The first kappa shape index (κ1) is 16.8. The molecule has 1 fully saturated rings. The van der Waals surface area contributed by atoms with Crippen LogP contribution in [0.3, 0.4) is 0 Å². The second kappa shape index (κ2) is 7.11. The van der Waals surface area contributed by atoms with Gasteiger partial charge in [-0.2, -0.15) is 0 Å². The van der Waals surface area contributed by atoms with Crippen LogP contribution in [0, 0.1) is 5.41 Å². The van der Waals surface area contributed by atoms with E-state index >= 15 is 0 Å². The van der Waals surface area contributed by atoms with Crippen molar-refractivity contribution in [1.29, 1.82) is 0 Å². The van der Waals surface area contributed by atoms with Crippen molar-refractivity contribution >= 4 is 23.5 Å². The van der Waals surface area contributed by atoms with Gasteiger partial charge < -0.3 is 14.7 Å². The Morgan fingerprint density at radius 1 is 1.36 bits per heavy atom. The van der Waals surface area contributed by atoms with Crippen LogP contribution in [0.5, 0.6) is 0 Å². The number of rotatable bonds is 5. The minimum Gasteiger partial charge on any atom is -0.481 e. The number of carbonyl (C=O) groups excluding carboxylic acids is 1. The molecule has 0 bridgehead atoms. The quantitative estimate of drug-likeness (QED) is 0.901. The summed E-state index contributed by atoms with van der Waals surface area (Å²) in [5.74, 6) is -0.970. The van der Waals surface area contributed by atoms with E-state index in [0.717, 1.165) is 5.56 Å². The number of hydrogen-bond donors (Lipinski definition) is 1. The predicted molar refractivity (Wildman–Crippen MR) is 82.9 cm³/mol. The topological polar surface area (TPSA) is 66.8 Å². The summed E-state index contributed by atoms with van der Waals surface area (Å²) >= 11 is 5.83. The van der Waals surface area contributed by atoms with Gasteiger partial charge in [-0.3, -0.25) is 9.59 Å². The zero-order valence-corrected chi connectivity index (χ0v) is 13.3. The van der Waals surface area contributed by atoms with E-state index in [1.54, 1.807) is 17.0 Å². The van der Waals surface area contributed by atoms with Crippen molar-refractivity contribution < 1.29 is 19.4 Å². The van der Waals surface area contributed by atoms with Gasteiger partial charge in [0.25, 0.3) is 0 Å². The summed E-state index contributed by atoms with van der Waals surface area (Å²) in [6.45, 7) is 0.904. The number of carboxylic acid groups (broad SMARTS) is 1. The van der Waals surface area contributed by atoms with Crippen LogP contribution in [0.15, 0.2) is 24.3 Å². The van der Waals surface area contributed by atoms with Crippen LogP contribution in [0.1, 0.15) is 18.4 Å². The highest BCUT2D eigenvalue weighted by Crippen LogP contribution is 2.31. The number of nitrogens with zero attached hydrogens (tertiary/aromatic N) is 1. The number of ether oxygens (including phenoxy) is 1. The minimum absolute atomic E-state index is 0.0660. The molecule has 0 radical (unpaired) electrons. The summed E-state index contributed by atoms with van der Waals surface area (Å²) in [7, 11) is 1.49. The number of halogens is 1. The van der Waals surface area contributed by atoms with Crippen LogP contribution in [-0.2, 0) is 20.7 Å². The SMILES string of the molecule is COCC1(C(=O)O)CCCN(C(=O)Cc2ccc(Cl)cc2)C1. The van der Waals surface area contributed by atoms with Gasteiger partial charge in [0.15, 0.2) is 0 Å². The fraction of sp³-hybridized carbons (Fsp3) is 0.500. The highest BCUT2D eigenvalue weighted by molar-refractivity contribution is 6.30. The van der Waals surface area contributed by atoms with E-state index < -0.39 is 11.4 Å². The lowest BCUT2D eigenvalue weighted by molar-refractivity contribution is -0.159. The molecule has 1 aliphatic heterocycles. The van der Waals surface area contributed by atoms with E-state index in [4.69, 9.17) is 16.3 Å². The van der Waals surface area contributed by atoms with Crippen LogP contribution >= 0.6 is 11.6 Å². The maximum absolute atomic E-state index is 12.4. The first-order valence-electron chi connectivity index (χ1n) is 7.21. The minimum atomic E-state index is -0.997. The molecule has 1 aromatic carbocycles. The van der Waals surface area contributed by atoms with Crippen LogP contribution in [0.4, 0.5) is 0 Å². The third-order valence-electron chi connectivity index (χ3n) is 4.07. The lowest BCUT2D eigenvalue weighted by Crippen LogP contribution is -2.52. The molecule has 1 saturated heterocycles. The van der Waals surface area contributed by atoms with Crippen molar-refractivity contribution in [1.82, 2.24) is 4.90 Å². The number of benzene rings is 1. The molecule has 2 rings (SSSR count). The third-order valence-corrected chi connectivity index (χ3v) is 4.32. The molecule has 22 heavy (non-hydrogen) atoms. The highest BCUT2D eigenvalue weighted by Gasteiger charge is 2.43. The summed E-state index contributed by atoms with van der Waals surface area (Å²) in [6, 6.07) is 7.10. The monoisotopic (exact) mass is 325 g/mol. The molecule has 1 aliphatic rings. The molecule has 1 unspecified atom stereocenters. The molecule has 1 heterocycles. The molecule has 0 spiro atoms. The van der Waals surface area contributed by atoms with Gasteiger partial charge in [-0.1, -0.05) is 23.7 Å². The number of aliphatic carboxylic acids is 1. The Balaban J connectivity index is 2.06. The van der Waals surface area contributed by atoms with Gasteiger partial charge in [0, 0.05) is 25.2 Å². The number of carboxylic acids is 1. The maximum atomic E-state index is 12.4. The number of piperidine rings is 1. The number of methoxy groups -OCH3 is 1. The van der Waals surface area contributed by atoms with E-state index in [0.29, 0.717) is 24.4 Å². The van der Waals surface area contributed by atoms with E-state index in [1.807, 2.05) is 12.1 Å². The summed E-state index contributed by atoms with van der Waals surface area (Å²) in [6.07, 6.45) is 1.45. The summed E-state index contributed by atoms with van der Waals surface area (Å²) in [5, 5.41) is 10.1. The Morgan fingerprint density at radius 2 is 2.05 bits per heavy atom. The van der Waals surface area contributed by atoms with E-state index in [-0.39, 0.29) is 25.5 Å². The van der Waals surface area contributed by atoms with Gasteiger partial charge in [0.1, 0.15) is 5.41 Å². The van der Waals surface area contributed by atoms with E-state index in [9.17, 15) is 14.7 Å². The number of carbonyl (C=O) groups is 2. The van der Waals surface area contributed by atoms with Crippen LogP contribution in [-0.4, -0.2) is 48.7 Å². The molecule has 6 heteroatoms. The van der Waals surface area contributed by atoms with Crippen molar-refractivity contribution in [3.63, 3.8) is 0 Å². The van der Waals surface area contributed by atoms with Gasteiger partial charge in [-0.15, -0.1) is 0 Å². The average molecular weight is 326 g/mol. The Bertz CT molecular complexity index is 542. The van der Waals surface area contributed by atoms with Crippen molar-refractivity contribution in [2.45, 2.75) is 19.3 Å². The summed E-state index contributed by atoms with van der Waals surface area (Å²) in [5.41, 5.74) is -0.129. The molecule has 0 saturated carbocycles. The van der Waals surface area contributed by atoms with Gasteiger partial charge >= 0.3 is 5.97 Å². The summed E-state index contributed by atoms with van der Waals surface area (Å²) < 4.78 is 5.07. The van der Waals surface area contributed by atoms with Crippen molar-refractivity contribution in [3.05, 3.63) is 34.9 Å². The van der Waals surface area contributed by atoms with Gasteiger partial charge in [0.05, 0.1) is 13.0 Å².